The lowest BCUT2D eigenvalue weighted by atomic mass is 10.1. The summed E-state index contributed by atoms with van der Waals surface area (Å²) < 4.78 is 12.5. The van der Waals surface area contributed by atoms with Gasteiger partial charge in [-0.1, -0.05) is 11.2 Å². The van der Waals surface area contributed by atoms with Crippen LogP contribution in [0.4, 0.5) is 0 Å². The molecule has 0 aliphatic carbocycles. The van der Waals surface area contributed by atoms with Crippen molar-refractivity contribution in [2.45, 2.75) is 13.3 Å². The van der Waals surface area contributed by atoms with Crippen LogP contribution in [0.2, 0.25) is 0 Å². The number of hydrogen-bond acceptors (Lipinski definition) is 4. The van der Waals surface area contributed by atoms with Gasteiger partial charge in [0.15, 0.2) is 0 Å². The molecule has 0 N–H and O–H groups in total. The molecule has 0 atom stereocenters. The summed E-state index contributed by atoms with van der Waals surface area (Å²) in [7, 11) is 3.63. The zero-order valence-electron chi connectivity index (χ0n) is 12.3. The fourth-order valence-electron chi connectivity index (χ4n) is 2.24. The molecule has 0 amide bonds. The van der Waals surface area contributed by atoms with Gasteiger partial charge in [-0.2, -0.15) is 4.98 Å². The smallest absolute Gasteiger partial charge is 0.231 e. The van der Waals surface area contributed by atoms with Gasteiger partial charge in [0.2, 0.25) is 11.7 Å². The van der Waals surface area contributed by atoms with Crippen LogP contribution in [-0.2, 0) is 13.5 Å². The molecule has 0 aliphatic rings. The van der Waals surface area contributed by atoms with E-state index >= 15 is 0 Å². The van der Waals surface area contributed by atoms with E-state index in [9.17, 15) is 0 Å². The number of aromatic nitrogens is 3. The Labute approximate surface area is 123 Å². The first-order chi connectivity index (χ1) is 10.2. The molecule has 0 aliphatic heterocycles. The fourth-order valence-corrected chi connectivity index (χ4v) is 2.24. The molecule has 0 bridgehead atoms. The van der Waals surface area contributed by atoms with Crippen molar-refractivity contribution in [3.8, 4) is 17.1 Å². The Morgan fingerprint density at radius 3 is 2.81 bits per heavy atom. The minimum atomic E-state index is 0.613. The summed E-state index contributed by atoms with van der Waals surface area (Å²) in [5.74, 6) is 2.09. The van der Waals surface area contributed by atoms with Crippen LogP contribution in [-0.4, -0.2) is 21.8 Å². The fraction of sp³-hybridized carbons (Fsp3) is 0.250. The van der Waals surface area contributed by atoms with Crippen molar-refractivity contribution in [1.82, 2.24) is 14.7 Å². The van der Waals surface area contributed by atoms with E-state index in [1.807, 2.05) is 55.2 Å². The maximum absolute atomic E-state index is 5.34. The highest BCUT2D eigenvalue weighted by atomic mass is 16.5. The van der Waals surface area contributed by atoms with Crippen molar-refractivity contribution in [3.63, 3.8) is 0 Å². The SMILES string of the molecule is COc1ccc(Cc2nc(-c3ccn(C)c3)no2)c(C)c1. The second-order valence-corrected chi connectivity index (χ2v) is 5.05. The maximum Gasteiger partial charge on any atom is 0.231 e. The number of nitrogens with zero attached hydrogens (tertiary/aromatic N) is 3. The van der Waals surface area contributed by atoms with Crippen molar-refractivity contribution in [2.24, 2.45) is 7.05 Å². The third kappa shape index (κ3) is 2.81. The quantitative estimate of drug-likeness (QED) is 0.738. The zero-order chi connectivity index (χ0) is 14.8. The Morgan fingerprint density at radius 1 is 1.29 bits per heavy atom. The molecule has 21 heavy (non-hydrogen) atoms. The summed E-state index contributed by atoms with van der Waals surface area (Å²) in [5.41, 5.74) is 3.26. The second-order valence-electron chi connectivity index (χ2n) is 5.05. The third-order valence-electron chi connectivity index (χ3n) is 3.45. The molecule has 0 saturated heterocycles. The molecule has 3 rings (SSSR count). The standard InChI is InChI=1S/C16H17N3O2/c1-11-8-14(20-3)5-4-12(11)9-15-17-16(18-21-15)13-6-7-19(2)10-13/h4-8,10H,9H2,1-3H3. The highest BCUT2D eigenvalue weighted by Gasteiger charge is 2.11. The lowest BCUT2D eigenvalue weighted by Crippen LogP contribution is -1.93. The average molecular weight is 283 g/mol. The van der Waals surface area contributed by atoms with Crippen LogP contribution in [0, 0.1) is 6.92 Å². The third-order valence-corrected chi connectivity index (χ3v) is 3.45. The number of rotatable bonds is 4. The second kappa shape index (κ2) is 5.44. The van der Waals surface area contributed by atoms with Crippen molar-refractivity contribution in [3.05, 3.63) is 53.7 Å². The predicted molar refractivity (Wildman–Crippen MR) is 79.2 cm³/mol. The van der Waals surface area contributed by atoms with Gasteiger partial charge in [0, 0.05) is 25.0 Å². The predicted octanol–water partition coefficient (Wildman–Crippen LogP) is 2.98. The van der Waals surface area contributed by atoms with Gasteiger partial charge >= 0.3 is 0 Å². The number of hydrogen-bond donors (Lipinski definition) is 0. The van der Waals surface area contributed by atoms with E-state index < -0.39 is 0 Å². The molecule has 5 nitrogen and oxygen atoms in total. The van der Waals surface area contributed by atoms with Gasteiger partial charge in [0.25, 0.3) is 0 Å². The van der Waals surface area contributed by atoms with Crippen molar-refractivity contribution in [1.29, 1.82) is 0 Å². The first-order valence-electron chi connectivity index (χ1n) is 6.74. The van der Waals surface area contributed by atoms with Gasteiger partial charge in [-0.25, -0.2) is 0 Å². The van der Waals surface area contributed by atoms with E-state index in [0.717, 1.165) is 22.4 Å². The van der Waals surface area contributed by atoms with E-state index in [2.05, 4.69) is 10.1 Å². The monoisotopic (exact) mass is 283 g/mol. The van der Waals surface area contributed by atoms with Crippen LogP contribution in [0.15, 0.2) is 41.2 Å². The summed E-state index contributed by atoms with van der Waals surface area (Å²) in [6.07, 6.45) is 4.54. The molecule has 0 saturated carbocycles. The summed E-state index contributed by atoms with van der Waals surface area (Å²) in [4.78, 5) is 4.45. The molecule has 1 aromatic carbocycles. The summed E-state index contributed by atoms with van der Waals surface area (Å²) in [5, 5.41) is 4.04. The molecular weight excluding hydrogens is 266 g/mol. The molecule has 2 aromatic heterocycles. The molecule has 0 spiro atoms. The number of ether oxygens (including phenoxy) is 1. The minimum Gasteiger partial charge on any atom is -0.497 e. The van der Waals surface area contributed by atoms with E-state index in [-0.39, 0.29) is 0 Å². The number of aryl methyl sites for hydroxylation is 2. The average Bonchev–Trinajstić information content (AvgIpc) is 3.10. The molecule has 5 heteroatoms. The lowest BCUT2D eigenvalue weighted by Gasteiger charge is -2.05. The van der Waals surface area contributed by atoms with E-state index in [0.29, 0.717) is 18.1 Å². The Hall–Kier alpha value is -2.56. The van der Waals surface area contributed by atoms with Gasteiger partial charge in [-0.05, 0) is 36.2 Å². The van der Waals surface area contributed by atoms with Crippen LogP contribution in [0.1, 0.15) is 17.0 Å². The maximum atomic E-state index is 5.34. The molecule has 0 radical (unpaired) electrons. The Kier molecular flexibility index (Phi) is 3.48. The number of benzene rings is 1. The Bertz CT molecular complexity index is 758. The van der Waals surface area contributed by atoms with E-state index in [4.69, 9.17) is 9.26 Å². The van der Waals surface area contributed by atoms with E-state index in [1.54, 1.807) is 7.11 Å². The van der Waals surface area contributed by atoms with Crippen molar-refractivity contribution >= 4 is 0 Å². The molecule has 0 unspecified atom stereocenters. The summed E-state index contributed by atoms with van der Waals surface area (Å²) in [6, 6.07) is 7.94. The highest BCUT2D eigenvalue weighted by molar-refractivity contribution is 5.52. The Morgan fingerprint density at radius 2 is 2.14 bits per heavy atom. The molecule has 2 heterocycles. The van der Waals surface area contributed by atoms with Gasteiger partial charge < -0.3 is 13.8 Å². The topological polar surface area (TPSA) is 53.1 Å². The zero-order valence-corrected chi connectivity index (χ0v) is 12.3. The lowest BCUT2D eigenvalue weighted by molar-refractivity contribution is 0.385. The van der Waals surface area contributed by atoms with Gasteiger partial charge in [0.05, 0.1) is 13.5 Å². The first-order valence-corrected chi connectivity index (χ1v) is 6.74. The van der Waals surface area contributed by atoms with Crippen molar-refractivity contribution < 1.29 is 9.26 Å². The van der Waals surface area contributed by atoms with Crippen molar-refractivity contribution in [2.75, 3.05) is 7.11 Å². The van der Waals surface area contributed by atoms with Crippen LogP contribution in [0.3, 0.4) is 0 Å². The van der Waals surface area contributed by atoms with Crippen LogP contribution >= 0.6 is 0 Å². The molecule has 108 valence electrons. The highest BCUT2D eigenvalue weighted by Crippen LogP contribution is 2.21. The molecular formula is C16H17N3O2. The number of methoxy groups -OCH3 is 1. The largest absolute Gasteiger partial charge is 0.497 e. The van der Waals surface area contributed by atoms with Gasteiger partial charge in [0.1, 0.15) is 5.75 Å². The Balaban J connectivity index is 1.81. The first kappa shape index (κ1) is 13.4. The van der Waals surface area contributed by atoms with Gasteiger partial charge in [-0.3, -0.25) is 0 Å². The molecule has 3 aromatic rings. The van der Waals surface area contributed by atoms with E-state index in [1.165, 1.54) is 0 Å². The van der Waals surface area contributed by atoms with Gasteiger partial charge in [-0.15, -0.1) is 0 Å². The van der Waals surface area contributed by atoms with Crippen LogP contribution in [0.25, 0.3) is 11.4 Å². The van der Waals surface area contributed by atoms with Crippen LogP contribution in [0.5, 0.6) is 5.75 Å². The van der Waals surface area contributed by atoms with Crippen LogP contribution < -0.4 is 4.74 Å². The minimum absolute atomic E-state index is 0.613. The normalized spacial score (nSPS) is 10.8. The summed E-state index contributed by atoms with van der Waals surface area (Å²) >= 11 is 0. The molecule has 0 fully saturated rings. The summed E-state index contributed by atoms with van der Waals surface area (Å²) in [6.45, 7) is 2.05.